The summed E-state index contributed by atoms with van der Waals surface area (Å²) in [5, 5.41) is 0. The minimum Gasteiger partial charge on any atom is -0.292 e. The third kappa shape index (κ3) is 4.53. The van der Waals surface area contributed by atoms with Gasteiger partial charge in [0.15, 0.2) is 0 Å². The second-order valence-electron chi connectivity index (χ2n) is 7.20. The van der Waals surface area contributed by atoms with E-state index in [1.165, 1.54) is 16.7 Å². The molecule has 1 heterocycles. The summed E-state index contributed by atoms with van der Waals surface area (Å²) in [5.74, 6) is -0.179. The first-order valence-electron chi connectivity index (χ1n) is 9.55. The molecule has 0 aromatic heterocycles. The minimum atomic E-state index is -0.179. The van der Waals surface area contributed by atoms with Gasteiger partial charge in [-0.2, -0.15) is 0 Å². The molecule has 1 atom stereocenters. The van der Waals surface area contributed by atoms with E-state index < -0.39 is 0 Å². The Morgan fingerprint density at radius 3 is 2.07 bits per heavy atom. The maximum absolute atomic E-state index is 13.3. The van der Waals surface area contributed by atoms with E-state index in [0.717, 1.165) is 31.5 Å². The lowest BCUT2D eigenvalue weighted by Gasteiger charge is -2.36. The van der Waals surface area contributed by atoms with Crippen LogP contribution in [0.25, 0.3) is 5.57 Å². The number of hydrogen-bond donors (Lipinski definition) is 0. The lowest BCUT2D eigenvalue weighted by Crippen LogP contribution is -2.39. The molecule has 1 unspecified atom stereocenters. The molecule has 1 aliphatic heterocycles. The molecule has 0 bridgehead atoms. The maximum atomic E-state index is 13.3. The second-order valence-corrected chi connectivity index (χ2v) is 7.20. The Balaban J connectivity index is 1.57. The van der Waals surface area contributed by atoms with Gasteiger partial charge in [-0.3, -0.25) is 4.90 Å². The lowest BCUT2D eigenvalue weighted by molar-refractivity contribution is 0.201. The fraction of sp³-hybridized carbons (Fsp3) is 0.200. The average Bonchev–Trinajstić information content (AvgIpc) is 2.71. The number of halogens is 1. The molecule has 3 aromatic carbocycles. The highest BCUT2D eigenvalue weighted by atomic mass is 19.1. The smallest absolute Gasteiger partial charge is 0.123 e. The zero-order valence-corrected chi connectivity index (χ0v) is 15.4. The van der Waals surface area contributed by atoms with Crippen molar-refractivity contribution in [3.63, 3.8) is 0 Å². The molecule has 0 radical (unpaired) electrons. The quantitative estimate of drug-likeness (QED) is 0.564. The van der Waals surface area contributed by atoms with Crippen LogP contribution >= 0.6 is 0 Å². The van der Waals surface area contributed by atoms with Gasteiger partial charge in [0.1, 0.15) is 5.82 Å². The third-order valence-corrected chi connectivity index (χ3v) is 5.30. The van der Waals surface area contributed by atoms with Gasteiger partial charge in [-0.25, -0.2) is 4.39 Å². The summed E-state index contributed by atoms with van der Waals surface area (Å²) in [7, 11) is 0. The fourth-order valence-corrected chi connectivity index (χ4v) is 3.84. The van der Waals surface area contributed by atoms with Crippen LogP contribution < -0.4 is 0 Å². The Hall–Kier alpha value is -2.71. The van der Waals surface area contributed by atoms with Crippen molar-refractivity contribution in [2.24, 2.45) is 0 Å². The Bertz CT molecular complexity index is 885. The molecule has 0 aliphatic carbocycles. The van der Waals surface area contributed by atoms with Gasteiger partial charge in [0.2, 0.25) is 0 Å². The molecule has 1 aliphatic rings. The van der Waals surface area contributed by atoms with Gasteiger partial charge in [-0.1, -0.05) is 78.9 Å². The van der Waals surface area contributed by atoms with Crippen LogP contribution in [0.5, 0.6) is 0 Å². The van der Waals surface area contributed by atoms with E-state index in [1.54, 1.807) is 12.1 Å². The largest absolute Gasteiger partial charge is 0.292 e. The summed E-state index contributed by atoms with van der Waals surface area (Å²) in [4.78, 5) is 2.55. The standard InChI is InChI=1S/C25H24FN/c26-24-13-11-22(12-14-24)23-15-16-27(19-21-9-5-2-6-10-21)25(18-23)17-20-7-3-1-4-8-20/h1-15,25H,16-19H2. The molecule has 27 heavy (non-hydrogen) atoms. The van der Waals surface area contributed by atoms with Gasteiger partial charge in [0.25, 0.3) is 0 Å². The predicted octanol–water partition coefficient (Wildman–Crippen LogP) is 5.73. The van der Waals surface area contributed by atoms with E-state index in [9.17, 15) is 4.39 Å². The molecule has 3 aromatic rings. The van der Waals surface area contributed by atoms with E-state index in [4.69, 9.17) is 0 Å². The summed E-state index contributed by atoms with van der Waals surface area (Å²) in [6.45, 7) is 1.87. The highest BCUT2D eigenvalue weighted by Gasteiger charge is 2.24. The van der Waals surface area contributed by atoms with E-state index in [1.807, 2.05) is 12.1 Å². The molecule has 4 rings (SSSR count). The molecular weight excluding hydrogens is 333 g/mol. The van der Waals surface area contributed by atoms with Crippen molar-refractivity contribution < 1.29 is 4.39 Å². The van der Waals surface area contributed by atoms with Crippen LogP contribution in [0, 0.1) is 5.82 Å². The molecule has 0 saturated carbocycles. The second kappa shape index (κ2) is 8.32. The maximum Gasteiger partial charge on any atom is 0.123 e. The van der Waals surface area contributed by atoms with Crippen molar-refractivity contribution in [2.45, 2.75) is 25.4 Å². The van der Waals surface area contributed by atoms with Crippen LogP contribution in [0.3, 0.4) is 0 Å². The van der Waals surface area contributed by atoms with Crippen molar-refractivity contribution >= 4 is 5.57 Å². The molecule has 1 nitrogen and oxygen atoms in total. The van der Waals surface area contributed by atoms with Crippen molar-refractivity contribution in [1.82, 2.24) is 4.90 Å². The number of hydrogen-bond acceptors (Lipinski definition) is 1. The van der Waals surface area contributed by atoms with E-state index >= 15 is 0 Å². The Kier molecular flexibility index (Phi) is 5.45. The van der Waals surface area contributed by atoms with Crippen LogP contribution in [0.1, 0.15) is 23.1 Å². The van der Waals surface area contributed by atoms with Crippen LogP contribution in [0.15, 0.2) is 91.0 Å². The average molecular weight is 357 g/mol. The molecule has 0 N–H and O–H groups in total. The summed E-state index contributed by atoms with van der Waals surface area (Å²) in [6, 6.07) is 28.7. The Morgan fingerprint density at radius 1 is 0.778 bits per heavy atom. The van der Waals surface area contributed by atoms with Crippen LogP contribution in [-0.4, -0.2) is 17.5 Å². The van der Waals surface area contributed by atoms with Crippen molar-refractivity contribution in [3.8, 4) is 0 Å². The number of benzene rings is 3. The van der Waals surface area contributed by atoms with E-state index in [0.29, 0.717) is 6.04 Å². The van der Waals surface area contributed by atoms with Crippen molar-refractivity contribution in [2.75, 3.05) is 6.54 Å². The normalized spacial score (nSPS) is 17.5. The molecule has 0 spiro atoms. The summed E-state index contributed by atoms with van der Waals surface area (Å²) in [6.07, 6.45) is 4.30. The first-order valence-corrected chi connectivity index (χ1v) is 9.55. The molecular formula is C25H24FN. The molecule has 2 heteroatoms. The fourth-order valence-electron chi connectivity index (χ4n) is 3.84. The predicted molar refractivity (Wildman–Crippen MR) is 110 cm³/mol. The number of nitrogens with zero attached hydrogens (tertiary/aromatic N) is 1. The third-order valence-electron chi connectivity index (χ3n) is 5.30. The molecule has 136 valence electrons. The van der Waals surface area contributed by atoms with E-state index in [-0.39, 0.29) is 5.82 Å². The molecule has 0 saturated heterocycles. The van der Waals surface area contributed by atoms with Gasteiger partial charge < -0.3 is 0 Å². The number of rotatable bonds is 5. The summed E-state index contributed by atoms with van der Waals surface area (Å²) in [5.41, 5.74) is 5.16. The van der Waals surface area contributed by atoms with Gasteiger partial charge in [-0.05, 0) is 47.2 Å². The zero-order chi connectivity index (χ0) is 18.5. The van der Waals surface area contributed by atoms with Crippen LogP contribution in [-0.2, 0) is 13.0 Å². The first kappa shape index (κ1) is 17.7. The van der Waals surface area contributed by atoms with Gasteiger partial charge in [0, 0.05) is 19.1 Å². The van der Waals surface area contributed by atoms with Gasteiger partial charge in [0.05, 0.1) is 0 Å². The molecule has 0 fully saturated rings. The summed E-state index contributed by atoms with van der Waals surface area (Å²) >= 11 is 0. The van der Waals surface area contributed by atoms with Crippen LogP contribution in [0.2, 0.25) is 0 Å². The monoisotopic (exact) mass is 357 g/mol. The minimum absolute atomic E-state index is 0.179. The van der Waals surface area contributed by atoms with Crippen molar-refractivity contribution in [3.05, 3.63) is 114 Å². The SMILES string of the molecule is Fc1ccc(C2=CCN(Cc3ccccc3)C(Cc3ccccc3)C2)cc1. The highest BCUT2D eigenvalue weighted by molar-refractivity contribution is 5.67. The van der Waals surface area contributed by atoms with Crippen LogP contribution in [0.4, 0.5) is 4.39 Å². The highest BCUT2D eigenvalue weighted by Crippen LogP contribution is 2.29. The lowest BCUT2D eigenvalue weighted by atomic mass is 9.90. The first-order chi connectivity index (χ1) is 13.3. The van der Waals surface area contributed by atoms with Gasteiger partial charge >= 0.3 is 0 Å². The zero-order valence-electron chi connectivity index (χ0n) is 15.4. The van der Waals surface area contributed by atoms with E-state index in [2.05, 4.69) is 71.6 Å². The van der Waals surface area contributed by atoms with Gasteiger partial charge in [-0.15, -0.1) is 0 Å². The Morgan fingerprint density at radius 2 is 1.41 bits per heavy atom. The Labute approximate surface area is 160 Å². The topological polar surface area (TPSA) is 3.24 Å². The summed E-state index contributed by atoms with van der Waals surface area (Å²) < 4.78 is 13.3. The van der Waals surface area contributed by atoms with Crippen molar-refractivity contribution in [1.29, 1.82) is 0 Å². The molecule has 0 amide bonds.